The Kier molecular flexibility index (Phi) is 4.37. The molecule has 5 nitrogen and oxygen atoms in total. The fourth-order valence-corrected chi connectivity index (χ4v) is 4.16. The third-order valence-electron chi connectivity index (χ3n) is 5.39. The van der Waals surface area contributed by atoms with Crippen LogP contribution in [0.4, 0.5) is 0 Å². The summed E-state index contributed by atoms with van der Waals surface area (Å²) in [7, 11) is 0. The number of tetrazole rings is 1. The molecule has 1 aromatic carbocycles. The molecule has 0 amide bonds. The van der Waals surface area contributed by atoms with Crippen LogP contribution in [0.25, 0.3) is 0 Å². The van der Waals surface area contributed by atoms with Gasteiger partial charge in [0.2, 0.25) is 0 Å². The summed E-state index contributed by atoms with van der Waals surface area (Å²) in [4.78, 5) is 0. The summed E-state index contributed by atoms with van der Waals surface area (Å²) in [6.45, 7) is 0.945. The van der Waals surface area contributed by atoms with Gasteiger partial charge in [-0.2, -0.15) is 0 Å². The van der Waals surface area contributed by atoms with E-state index in [2.05, 4.69) is 51.2 Å². The van der Waals surface area contributed by atoms with Crippen molar-refractivity contribution in [2.75, 3.05) is 0 Å². The first-order chi connectivity index (χ1) is 11.4. The van der Waals surface area contributed by atoms with E-state index in [1.165, 1.54) is 31.2 Å². The second-order valence-electron chi connectivity index (χ2n) is 7.07. The van der Waals surface area contributed by atoms with Crippen LogP contribution in [0.2, 0.25) is 0 Å². The van der Waals surface area contributed by atoms with Crippen molar-refractivity contribution in [1.29, 1.82) is 0 Å². The van der Waals surface area contributed by atoms with Gasteiger partial charge in [-0.1, -0.05) is 30.3 Å². The van der Waals surface area contributed by atoms with Crippen LogP contribution in [-0.4, -0.2) is 32.3 Å². The molecule has 122 valence electrons. The molecule has 0 radical (unpaired) electrons. The van der Waals surface area contributed by atoms with Crippen molar-refractivity contribution in [3.63, 3.8) is 0 Å². The molecule has 1 aromatic heterocycles. The topological polar surface area (TPSA) is 55.6 Å². The van der Waals surface area contributed by atoms with Gasteiger partial charge in [0.05, 0.1) is 0 Å². The van der Waals surface area contributed by atoms with Gasteiger partial charge >= 0.3 is 0 Å². The molecular formula is C18H25N5. The highest BCUT2D eigenvalue weighted by molar-refractivity contribution is 5.15. The fourth-order valence-electron chi connectivity index (χ4n) is 4.16. The number of nitrogens with zero attached hydrogens (tertiary/aromatic N) is 4. The normalized spacial score (nSPS) is 27.6. The van der Waals surface area contributed by atoms with Crippen LogP contribution < -0.4 is 5.32 Å². The molecule has 1 N–H and O–H groups in total. The molecule has 1 aliphatic carbocycles. The summed E-state index contributed by atoms with van der Waals surface area (Å²) >= 11 is 0. The minimum absolute atomic E-state index is 0.596. The van der Waals surface area contributed by atoms with E-state index < -0.39 is 0 Å². The van der Waals surface area contributed by atoms with E-state index in [-0.39, 0.29) is 0 Å². The Bertz CT molecular complexity index is 601. The molecule has 2 aliphatic rings. The molecule has 1 saturated carbocycles. The van der Waals surface area contributed by atoms with Gasteiger partial charge in [-0.15, -0.1) is 5.10 Å². The molecule has 5 heteroatoms. The van der Waals surface area contributed by atoms with Crippen LogP contribution in [0, 0.1) is 5.92 Å². The third-order valence-corrected chi connectivity index (χ3v) is 5.39. The van der Waals surface area contributed by atoms with Crippen LogP contribution in [0.1, 0.15) is 43.5 Å². The monoisotopic (exact) mass is 311 g/mol. The van der Waals surface area contributed by atoms with Crippen molar-refractivity contribution >= 4 is 0 Å². The average molecular weight is 311 g/mol. The van der Waals surface area contributed by atoms with E-state index in [0.717, 1.165) is 37.5 Å². The van der Waals surface area contributed by atoms with Gasteiger partial charge in [0.15, 0.2) is 5.82 Å². The van der Waals surface area contributed by atoms with Crippen molar-refractivity contribution in [2.45, 2.75) is 63.6 Å². The standard InChI is InChI=1S/C18H25N5/c1-2-4-14(5-3-1)12-15-6-7-17(13-15)19-16-8-9-18-20-21-22-23(18)11-10-16/h1-5,15-17,19H,6-13H2. The second-order valence-corrected chi connectivity index (χ2v) is 7.07. The molecule has 1 aliphatic heterocycles. The lowest BCUT2D eigenvalue weighted by molar-refractivity contribution is 0.376. The number of hydrogen-bond acceptors (Lipinski definition) is 4. The van der Waals surface area contributed by atoms with E-state index in [4.69, 9.17) is 0 Å². The Morgan fingerprint density at radius 2 is 1.96 bits per heavy atom. The number of rotatable bonds is 4. The lowest BCUT2D eigenvalue weighted by Crippen LogP contribution is -2.37. The predicted octanol–water partition coefficient (Wildman–Crippen LogP) is 2.38. The van der Waals surface area contributed by atoms with Crippen LogP contribution in [0.15, 0.2) is 30.3 Å². The van der Waals surface area contributed by atoms with E-state index in [0.29, 0.717) is 12.1 Å². The van der Waals surface area contributed by atoms with Crippen LogP contribution in [0.3, 0.4) is 0 Å². The van der Waals surface area contributed by atoms with Crippen molar-refractivity contribution < 1.29 is 0 Å². The summed E-state index contributed by atoms with van der Waals surface area (Å²) in [5.74, 6) is 1.88. The van der Waals surface area contributed by atoms with Crippen molar-refractivity contribution in [3.05, 3.63) is 41.7 Å². The van der Waals surface area contributed by atoms with E-state index in [1.807, 2.05) is 4.68 Å². The first kappa shape index (κ1) is 14.8. The lowest BCUT2D eigenvalue weighted by Gasteiger charge is -2.21. The Morgan fingerprint density at radius 3 is 2.87 bits per heavy atom. The van der Waals surface area contributed by atoms with E-state index >= 15 is 0 Å². The van der Waals surface area contributed by atoms with E-state index in [1.54, 1.807) is 0 Å². The maximum Gasteiger partial charge on any atom is 0.151 e. The maximum absolute atomic E-state index is 4.12. The summed E-state index contributed by atoms with van der Waals surface area (Å²) in [5, 5.41) is 15.9. The van der Waals surface area contributed by atoms with Gasteiger partial charge in [-0.25, -0.2) is 4.68 Å². The zero-order valence-corrected chi connectivity index (χ0v) is 13.6. The second kappa shape index (κ2) is 6.79. The molecule has 0 bridgehead atoms. The SMILES string of the molecule is c1ccc(CC2CCC(NC3CCc4nnnn4CC3)C2)cc1. The third kappa shape index (κ3) is 3.61. The highest BCUT2D eigenvalue weighted by Crippen LogP contribution is 2.29. The Balaban J connectivity index is 1.27. The molecule has 3 unspecified atom stereocenters. The number of aromatic nitrogens is 4. The predicted molar refractivity (Wildman–Crippen MR) is 89.0 cm³/mol. The molecular weight excluding hydrogens is 286 g/mol. The van der Waals surface area contributed by atoms with Crippen molar-refractivity contribution in [1.82, 2.24) is 25.5 Å². The van der Waals surface area contributed by atoms with Crippen LogP contribution >= 0.6 is 0 Å². The molecule has 0 spiro atoms. The number of hydrogen-bond donors (Lipinski definition) is 1. The molecule has 0 saturated heterocycles. The number of benzene rings is 1. The summed E-state index contributed by atoms with van der Waals surface area (Å²) < 4.78 is 1.97. The molecule has 3 atom stereocenters. The van der Waals surface area contributed by atoms with Gasteiger partial charge in [-0.05, 0) is 60.4 Å². The summed E-state index contributed by atoms with van der Waals surface area (Å²) in [6.07, 6.45) is 8.50. The zero-order valence-electron chi connectivity index (χ0n) is 13.6. The maximum atomic E-state index is 4.12. The minimum Gasteiger partial charge on any atom is -0.311 e. The fraction of sp³-hybridized carbons (Fsp3) is 0.611. The Labute approximate surface area is 137 Å². The van der Waals surface area contributed by atoms with Crippen molar-refractivity contribution in [3.8, 4) is 0 Å². The molecule has 2 heterocycles. The summed E-state index contributed by atoms with van der Waals surface area (Å²) in [5.41, 5.74) is 1.48. The van der Waals surface area contributed by atoms with Gasteiger partial charge in [0, 0.05) is 25.0 Å². The van der Waals surface area contributed by atoms with Gasteiger partial charge in [0.25, 0.3) is 0 Å². The quantitative estimate of drug-likeness (QED) is 0.942. The number of nitrogens with one attached hydrogen (secondary N) is 1. The largest absolute Gasteiger partial charge is 0.311 e. The molecule has 23 heavy (non-hydrogen) atoms. The van der Waals surface area contributed by atoms with Crippen LogP contribution in [-0.2, 0) is 19.4 Å². The van der Waals surface area contributed by atoms with Gasteiger partial charge < -0.3 is 5.32 Å². The highest BCUT2D eigenvalue weighted by atomic mass is 15.5. The van der Waals surface area contributed by atoms with E-state index in [9.17, 15) is 0 Å². The first-order valence-corrected chi connectivity index (χ1v) is 8.92. The van der Waals surface area contributed by atoms with Crippen molar-refractivity contribution in [2.24, 2.45) is 5.92 Å². The number of fused-ring (bicyclic) bond motifs is 1. The minimum atomic E-state index is 0.596. The van der Waals surface area contributed by atoms with Gasteiger partial charge in [-0.3, -0.25) is 0 Å². The lowest BCUT2D eigenvalue weighted by atomic mass is 9.97. The summed E-state index contributed by atoms with van der Waals surface area (Å²) in [6, 6.07) is 12.2. The Hall–Kier alpha value is -1.75. The molecule has 1 fully saturated rings. The molecule has 2 aromatic rings. The molecule has 4 rings (SSSR count). The average Bonchev–Trinajstić information content (AvgIpc) is 3.16. The Morgan fingerprint density at radius 1 is 1.04 bits per heavy atom. The zero-order chi connectivity index (χ0) is 15.5. The first-order valence-electron chi connectivity index (χ1n) is 8.92. The smallest absolute Gasteiger partial charge is 0.151 e. The van der Waals surface area contributed by atoms with Crippen LogP contribution in [0.5, 0.6) is 0 Å². The highest BCUT2D eigenvalue weighted by Gasteiger charge is 2.27. The van der Waals surface area contributed by atoms with Gasteiger partial charge in [0.1, 0.15) is 0 Å². The number of aryl methyl sites for hydroxylation is 2.